The smallest absolute Gasteiger partial charge is 0.255 e. The molecule has 4 rings (SSSR count). The molecule has 3 aromatic rings. The number of pyridine rings is 1. The highest BCUT2D eigenvalue weighted by Crippen LogP contribution is 2.23. The highest BCUT2D eigenvalue weighted by molar-refractivity contribution is 7.90. The fourth-order valence-corrected chi connectivity index (χ4v) is 4.35. The maximum Gasteiger partial charge on any atom is 0.255 e. The highest BCUT2D eigenvalue weighted by atomic mass is 32.2. The Kier molecular flexibility index (Phi) is 5.43. The first kappa shape index (κ1) is 19.7. The van der Waals surface area contributed by atoms with Gasteiger partial charge in [0.15, 0.2) is 9.84 Å². The standard InChI is InChI=1S/C22H24N2O4S/c1-29(26,27)20-5-2-16(3-6-20)15-24-12-9-18(10-13-24)28-19-4-7-21-17(14-19)8-11-23-22(21)25/h2-8,11,14,18H,9-10,12-13,15H2,1H3,(H,23,25). The van der Waals surface area contributed by atoms with Gasteiger partial charge in [-0.3, -0.25) is 9.69 Å². The molecule has 2 aromatic carbocycles. The molecule has 0 atom stereocenters. The van der Waals surface area contributed by atoms with Crippen molar-refractivity contribution in [1.82, 2.24) is 9.88 Å². The van der Waals surface area contributed by atoms with E-state index in [1.807, 2.05) is 30.3 Å². The van der Waals surface area contributed by atoms with E-state index in [1.165, 1.54) is 6.26 Å². The largest absolute Gasteiger partial charge is 0.490 e. The molecule has 1 aromatic heterocycles. The second kappa shape index (κ2) is 8.00. The number of piperidine rings is 1. The van der Waals surface area contributed by atoms with Gasteiger partial charge in [-0.15, -0.1) is 0 Å². The minimum Gasteiger partial charge on any atom is -0.490 e. The van der Waals surface area contributed by atoms with Gasteiger partial charge in [0.2, 0.25) is 0 Å². The number of rotatable bonds is 5. The molecule has 0 aliphatic carbocycles. The van der Waals surface area contributed by atoms with Crippen LogP contribution in [0.25, 0.3) is 10.8 Å². The SMILES string of the molecule is CS(=O)(=O)c1ccc(CN2CCC(Oc3ccc4c(=O)[nH]ccc4c3)CC2)cc1. The van der Waals surface area contributed by atoms with Crippen molar-refractivity contribution in [3.63, 3.8) is 0 Å². The fraction of sp³-hybridized carbons (Fsp3) is 0.318. The Morgan fingerprint density at radius 1 is 1.07 bits per heavy atom. The van der Waals surface area contributed by atoms with E-state index in [0.29, 0.717) is 10.3 Å². The van der Waals surface area contributed by atoms with Gasteiger partial charge in [-0.1, -0.05) is 12.1 Å². The van der Waals surface area contributed by atoms with Crippen LogP contribution in [0, 0.1) is 0 Å². The lowest BCUT2D eigenvalue weighted by Gasteiger charge is -2.32. The van der Waals surface area contributed by atoms with Crippen LogP contribution in [-0.4, -0.2) is 43.8 Å². The van der Waals surface area contributed by atoms with Crippen molar-refractivity contribution in [2.75, 3.05) is 19.3 Å². The van der Waals surface area contributed by atoms with Crippen molar-refractivity contribution in [2.24, 2.45) is 0 Å². The van der Waals surface area contributed by atoms with E-state index in [1.54, 1.807) is 24.4 Å². The van der Waals surface area contributed by atoms with Crippen LogP contribution in [0.5, 0.6) is 5.75 Å². The molecule has 7 heteroatoms. The molecule has 1 aliphatic rings. The minimum absolute atomic E-state index is 0.0908. The van der Waals surface area contributed by atoms with Gasteiger partial charge in [0, 0.05) is 37.5 Å². The minimum atomic E-state index is -3.16. The molecule has 0 bridgehead atoms. The zero-order valence-electron chi connectivity index (χ0n) is 16.3. The van der Waals surface area contributed by atoms with E-state index in [-0.39, 0.29) is 11.7 Å². The molecular formula is C22H24N2O4S. The number of aromatic amines is 1. The van der Waals surface area contributed by atoms with E-state index in [2.05, 4.69) is 9.88 Å². The molecule has 0 radical (unpaired) electrons. The highest BCUT2D eigenvalue weighted by Gasteiger charge is 2.21. The monoisotopic (exact) mass is 412 g/mol. The van der Waals surface area contributed by atoms with Crippen LogP contribution in [0.4, 0.5) is 0 Å². The molecule has 152 valence electrons. The summed E-state index contributed by atoms with van der Waals surface area (Å²) in [7, 11) is -3.16. The predicted octanol–water partition coefficient (Wildman–Crippen LogP) is 2.98. The van der Waals surface area contributed by atoms with Gasteiger partial charge in [-0.2, -0.15) is 0 Å². The molecule has 0 spiro atoms. The third-order valence-corrected chi connectivity index (χ3v) is 6.47. The number of likely N-dealkylation sites (tertiary alicyclic amines) is 1. The lowest BCUT2D eigenvalue weighted by atomic mass is 10.1. The summed E-state index contributed by atoms with van der Waals surface area (Å²) in [6.07, 6.45) is 4.87. The Morgan fingerprint density at radius 2 is 1.79 bits per heavy atom. The van der Waals surface area contributed by atoms with E-state index in [9.17, 15) is 13.2 Å². The number of nitrogens with zero attached hydrogens (tertiary/aromatic N) is 1. The Balaban J connectivity index is 1.33. The fourth-order valence-electron chi connectivity index (χ4n) is 3.72. The van der Waals surface area contributed by atoms with E-state index in [0.717, 1.165) is 49.2 Å². The Morgan fingerprint density at radius 3 is 2.48 bits per heavy atom. The molecular weight excluding hydrogens is 388 g/mol. The number of sulfone groups is 1. The van der Waals surface area contributed by atoms with Gasteiger partial charge in [0.05, 0.1) is 4.90 Å². The summed E-state index contributed by atoms with van der Waals surface area (Å²) in [5, 5.41) is 1.54. The van der Waals surface area contributed by atoms with E-state index < -0.39 is 9.84 Å². The van der Waals surface area contributed by atoms with Crippen LogP contribution in [0.2, 0.25) is 0 Å². The summed E-state index contributed by atoms with van der Waals surface area (Å²) >= 11 is 0. The topological polar surface area (TPSA) is 79.5 Å². The third kappa shape index (κ3) is 4.68. The average molecular weight is 413 g/mol. The summed E-state index contributed by atoms with van der Waals surface area (Å²) in [6, 6.07) is 14.6. The van der Waals surface area contributed by atoms with Gasteiger partial charge in [0.25, 0.3) is 5.56 Å². The number of fused-ring (bicyclic) bond motifs is 1. The second-order valence-electron chi connectivity index (χ2n) is 7.57. The van der Waals surface area contributed by atoms with Crippen LogP contribution in [0.1, 0.15) is 18.4 Å². The van der Waals surface area contributed by atoms with Gasteiger partial charge >= 0.3 is 0 Å². The van der Waals surface area contributed by atoms with E-state index in [4.69, 9.17) is 4.74 Å². The zero-order chi connectivity index (χ0) is 20.4. The van der Waals surface area contributed by atoms with Crippen molar-refractivity contribution in [1.29, 1.82) is 0 Å². The van der Waals surface area contributed by atoms with Crippen LogP contribution in [-0.2, 0) is 16.4 Å². The first-order valence-electron chi connectivity index (χ1n) is 9.68. The average Bonchev–Trinajstić information content (AvgIpc) is 2.69. The van der Waals surface area contributed by atoms with Crippen LogP contribution in [0.3, 0.4) is 0 Å². The molecule has 1 aliphatic heterocycles. The Bertz CT molecular complexity index is 1160. The lowest BCUT2D eigenvalue weighted by Crippen LogP contribution is -2.37. The summed E-state index contributed by atoms with van der Waals surface area (Å²) in [5.74, 6) is 0.790. The predicted molar refractivity (Wildman–Crippen MR) is 113 cm³/mol. The van der Waals surface area contributed by atoms with Crippen molar-refractivity contribution in [3.8, 4) is 5.75 Å². The maximum absolute atomic E-state index is 11.8. The third-order valence-electron chi connectivity index (χ3n) is 5.34. The Hall–Kier alpha value is -2.64. The number of ether oxygens (including phenoxy) is 1. The maximum atomic E-state index is 11.8. The Labute approximate surface area is 170 Å². The van der Waals surface area contributed by atoms with Crippen molar-refractivity contribution in [3.05, 3.63) is 70.6 Å². The number of hydrogen-bond acceptors (Lipinski definition) is 5. The van der Waals surface area contributed by atoms with Crippen molar-refractivity contribution >= 4 is 20.6 Å². The number of nitrogens with one attached hydrogen (secondary N) is 1. The molecule has 2 heterocycles. The van der Waals surface area contributed by atoms with Crippen LogP contribution in [0.15, 0.2) is 64.4 Å². The van der Waals surface area contributed by atoms with Crippen LogP contribution < -0.4 is 10.3 Å². The zero-order valence-corrected chi connectivity index (χ0v) is 17.1. The normalized spacial score (nSPS) is 16.2. The van der Waals surface area contributed by atoms with E-state index >= 15 is 0 Å². The van der Waals surface area contributed by atoms with Crippen molar-refractivity contribution < 1.29 is 13.2 Å². The summed E-state index contributed by atoms with van der Waals surface area (Å²) in [6.45, 7) is 2.65. The second-order valence-corrected chi connectivity index (χ2v) is 9.58. The molecule has 1 fully saturated rings. The van der Waals surface area contributed by atoms with Crippen molar-refractivity contribution in [2.45, 2.75) is 30.4 Å². The lowest BCUT2D eigenvalue weighted by molar-refractivity contribution is 0.0969. The van der Waals surface area contributed by atoms with Gasteiger partial charge < -0.3 is 9.72 Å². The molecule has 0 amide bonds. The quantitative estimate of drug-likeness (QED) is 0.697. The first-order chi connectivity index (χ1) is 13.9. The van der Waals surface area contributed by atoms with Gasteiger partial charge in [-0.25, -0.2) is 8.42 Å². The molecule has 0 saturated carbocycles. The first-order valence-corrected chi connectivity index (χ1v) is 11.6. The molecule has 29 heavy (non-hydrogen) atoms. The summed E-state index contributed by atoms with van der Waals surface area (Å²) in [5.41, 5.74) is 1.02. The molecule has 1 N–H and O–H groups in total. The molecule has 0 unspecified atom stereocenters. The van der Waals surface area contributed by atoms with Crippen LogP contribution >= 0.6 is 0 Å². The van der Waals surface area contributed by atoms with Gasteiger partial charge in [-0.05, 0) is 60.2 Å². The number of aromatic nitrogens is 1. The summed E-state index contributed by atoms with van der Waals surface area (Å²) < 4.78 is 29.3. The number of H-pyrrole nitrogens is 1. The van der Waals surface area contributed by atoms with Gasteiger partial charge in [0.1, 0.15) is 11.9 Å². The molecule has 1 saturated heterocycles. The molecule has 6 nitrogen and oxygen atoms in total. The number of hydrogen-bond donors (Lipinski definition) is 1. The number of benzene rings is 2. The summed E-state index contributed by atoms with van der Waals surface area (Å²) in [4.78, 5) is 17.2.